The first-order chi connectivity index (χ1) is 16.9. The average Bonchev–Trinajstić information content (AvgIpc) is 3.12. The van der Waals surface area contributed by atoms with Crippen molar-refractivity contribution in [1.82, 2.24) is 0 Å². The minimum Gasteiger partial charge on any atom is -0.462 e. The van der Waals surface area contributed by atoms with E-state index in [1.165, 1.54) is 23.9 Å². The second-order valence-electron chi connectivity index (χ2n) is 7.62. The average molecular weight is 490 g/mol. The van der Waals surface area contributed by atoms with E-state index in [2.05, 4.69) is 10.6 Å². The molecular weight excluding hydrogens is 466 g/mol. The van der Waals surface area contributed by atoms with Crippen molar-refractivity contribution < 1.29 is 23.9 Å². The molecule has 0 unspecified atom stereocenters. The number of amides is 4. The number of imide groups is 1. The number of rotatable bonds is 7. The molecule has 3 aromatic carbocycles. The number of thioether (sulfide) groups is 1. The monoisotopic (exact) mass is 489 g/mol. The van der Waals surface area contributed by atoms with Gasteiger partial charge in [-0.1, -0.05) is 24.3 Å². The van der Waals surface area contributed by atoms with Crippen LogP contribution in [0.2, 0.25) is 0 Å². The number of carbonyl (C=O) groups is 4. The molecule has 0 aromatic heterocycles. The predicted octanol–water partition coefficient (Wildman–Crippen LogP) is 4.93. The molecule has 2 N–H and O–H groups in total. The van der Waals surface area contributed by atoms with Crippen molar-refractivity contribution in [1.29, 1.82) is 0 Å². The van der Waals surface area contributed by atoms with Crippen LogP contribution in [0.3, 0.4) is 0 Å². The maximum absolute atomic E-state index is 13.0. The lowest BCUT2D eigenvalue weighted by molar-refractivity contribution is -0.121. The number of ether oxygens (including phenoxy) is 1. The number of urea groups is 1. The number of nitrogens with one attached hydrogen (secondary N) is 2. The van der Waals surface area contributed by atoms with E-state index < -0.39 is 11.2 Å². The molecule has 9 heteroatoms. The summed E-state index contributed by atoms with van der Waals surface area (Å²) < 4.78 is 4.96. The summed E-state index contributed by atoms with van der Waals surface area (Å²) in [6.07, 6.45) is 0.0509. The van der Waals surface area contributed by atoms with Crippen LogP contribution in [0.25, 0.3) is 0 Å². The first kappa shape index (κ1) is 24.0. The van der Waals surface area contributed by atoms with Crippen molar-refractivity contribution in [3.05, 3.63) is 84.4 Å². The lowest BCUT2D eigenvalue weighted by atomic mass is 10.2. The molecule has 0 radical (unpaired) electrons. The second kappa shape index (κ2) is 10.9. The highest BCUT2D eigenvalue weighted by molar-refractivity contribution is 8.00. The van der Waals surface area contributed by atoms with E-state index in [4.69, 9.17) is 4.74 Å². The smallest absolute Gasteiger partial charge is 0.338 e. The first-order valence-electron chi connectivity index (χ1n) is 11.0. The van der Waals surface area contributed by atoms with Gasteiger partial charge in [0.2, 0.25) is 11.8 Å². The number of hydrogen-bond acceptors (Lipinski definition) is 6. The Kier molecular flexibility index (Phi) is 7.47. The second-order valence-corrected chi connectivity index (χ2v) is 8.89. The Morgan fingerprint density at radius 1 is 0.943 bits per heavy atom. The standard InChI is InChI=1S/C26H23N3O5S/c1-2-34-25(32)17-11-13-20(14-12-17)29-23(30)16-22(24(29)31)35-21-10-6-9-19(15-21)28-26(33)27-18-7-4-3-5-8-18/h3-15,22H,2,16H2,1H3,(H2,27,28,33)/t22-/m1/s1. The van der Waals surface area contributed by atoms with Gasteiger partial charge in [-0.25, -0.2) is 14.5 Å². The number of para-hydroxylation sites is 1. The zero-order chi connectivity index (χ0) is 24.8. The van der Waals surface area contributed by atoms with Gasteiger partial charge in [0.1, 0.15) is 0 Å². The summed E-state index contributed by atoms with van der Waals surface area (Å²) in [7, 11) is 0. The molecule has 1 heterocycles. The Balaban J connectivity index is 1.40. The minimum absolute atomic E-state index is 0.0509. The van der Waals surface area contributed by atoms with Crippen LogP contribution in [-0.2, 0) is 14.3 Å². The first-order valence-corrected chi connectivity index (χ1v) is 11.9. The lowest BCUT2D eigenvalue weighted by Gasteiger charge is -2.15. The number of anilines is 3. The highest BCUT2D eigenvalue weighted by Gasteiger charge is 2.40. The Morgan fingerprint density at radius 3 is 2.34 bits per heavy atom. The minimum atomic E-state index is -0.597. The molecular formula is C26H23N3O5S. The van der Waals surface area contributed by atoms with E-state index in [1.807, 2.05) is 24.3 Å². The Hall–Kier alpha value is -4.11. The summed E-state index contributed by atoms with van der Waals surface area (Å²) in [5.41, 5.74) is 1.98. The van der Waals surface area contributed by atoms with Crippen LogP contribution in [0, 0.1) is 0 Å². The number of carbonyl (C=O) groups excluding carboxylic acids is 4. The van der Waals surface area contributed by atoms with Gasteiger partial charge in [0.25, 0.3) is 0 Å². The molecule has 3 aromatic rings. The Morgan fingerprint density at radius 2 is 1.63 bits per heavy atom. The number of hydrogen-bond donors (Lipinski definition) is 2. The molecule has 35 heavy (non-hydrogen) atoms. The van der Waals surface area contributed by atoms with Gasteiger partial charge in [-0.05, 0) is 61.5 Å². The summed E-state index contributed by atoms with van der Waals surface area (Å²) in [4.78, 5) is 51.6. The molecule has 1 atom stereocenters. The highest BCUT2D eigenvalue weighted by Crippen LogP contribution is 2.35. The van der Waals surface area contributed by atoms with Crippen LogP contribution in [0.1, 0.15) is 23.7 Å². The summed E-state index contributed by atoms with van der Waals surface area (Å²) in [6, 6.07) is 22.0. The van der Waals surface area contributed by atoms with Gasteiger partial charge in [-0.3, -0.25) is 9.59 Å². The molecule has 1 fully saturated rings. The summed E-state index contributed by atoms with van der Waals surface area (Å²) >= 11 is 1.26. The normalized spacial score (nSPS) is 15.1. The van der Waals surface area contributed by atoms with Gasteiger partial charge >= 0.3 is 12.0 Å². The molecule has 0 bridgehead atoms. The van der Waals surface area contributed by atoms with E-state index in [9.17, 15) is 19.2 Å². The number of nitrogens with zero attached hydrogens (tertiary/aromatic N) is 1. The van der Waals surface area contributed by atoms with Crippen molar-refractivity contribution in [2.75, 3.05) is 22.1 Å². The van der Waals surface area contributed by atoms with Crippen molar-refractivity contribution in [2.24, 2.45) is 0 Å². The Bertz CT molecular complexity index is 1250. The number of benzene rings is 3. The highest BCUT2D eigenvalue weighted by atomic mass is 32.2. The van der Waals surface area contributed by atoms with Gasteiger partial charge in [0.15, 0.2) is 0 Å². The van der Waals surface area contributed by atoms with Crippen molar-refractivity contribution in [3.8, 4) is 0 Å². The van der Waals surface area contributed by atoms with Crippen LogP contribution in [-0.4, -0.2) is 35.7 Å². The predicted molar refractivity (Wildman–Crippen MR) is 135 cm³/mol. The van der Waals surface area contributed by atoms with E-state index >= 15 is 0 Å². The molecule has 0 spiro atoms. The maximum atomic E-state index is 13.0. The molecule has 178 valence electrons. The van der Waals surface area contributed by atoms with Crippen LogP contribution in [0.15, 0.2) is 83.8 Å². The van der Waals surface area contributed by atoms with Crippen molar-refractivity contribution in [3.63, 3.8) is 0 Å². The molecule has 4 rings (SSSR count). The molecule has 1 saturated heterocycles. The molecule has 4 amide bonds. The number of esters is 1. The zero-order valence-electron chi connectivity index (χ0n) is 18.9. The zero-order valence-corrected chi connectivity index (χ0v) is 19.7. The van der Waals surface area contributed by atoms with Gasteiger partial charge < -0.3 is 15.4 Å². The fraction of sp³-hybridized carbons (Fsp3) is 0.154. The van der Waals surface area contributed by atoms with Crippen LogP contribution in [0.5, 0.6) is 0 Å². The van der Waals surface area contributed by atoms with Crippen LogP contribution >= 0.6 is 11.8 Å². The van der Waals surface area contributed by atoms with Gasteiger partial charge in [-0.2, -0.15) is 0 Å². The SMILES string of the molecule is CCOC(=O)c1ccc(N2C(=O)C[C@@H](Sc3cccc(NC(=O)Nc4ccccc4)c3)C2=O)cc1. The summed E-state index contributed by atoms with van der Waals surface area (Å²) in [6.45, 7) is 1.98. The molecule has 1 aliphatic rings. The quantitative estimate of drug-likeness (QED) is 0.360. The largest absolute Gasteiger partial charge is 0.462 e. The maximum Gasteiger partial charge on any atom is 0.338 e. The van der Waals surface area contributed by atoms with E-state index in [1.54, 1.807) is 49.4 Å². The van der Waals surface area contributed by atoms with Crippen molar-refractivity contribution >= 4 is 52.6 Å². The molecule has 0 aliphatic carbocycles. The van der Waals surface area contributed by atoms with Crippen molar-refractivity contribution in [2.45, 2.75) is 23.5 Å². The Labute approximate surface area is 206 Å². The third kappa shape index (κ3) is 5.88. The molecule has 1 aliphatic heterocycles. The summed E-state index contributed by atoms with van der Waals surface area (Å²) in [5.74, 6) is -1.10. The van der Waals surface area contributed by atoms with Gasteiger partial charge in [0, 0.05) is 22.7 Å². The summed E-state index contributed by atoms with van der Waals surface area (Å²) in [5, 5.41) is 4.92. The van der Waals surface area contributed by atoms with Gasteiger partial charge in [0.05, 0.1) is 23.1 Å². The fourth-order valence-corrected chi connectivity index (χ4v) is 4.67. The third-order valence-electron chi connectivity index (χ3n) is 5.14. The third-order valence-corrected chi connectivity index (χ3v) is 6.32. The fourth-order valence-electron chi connectivity index (χ4n) is 3.55. The van der Waals surface area contributed by atoms with Crippen LogP contribution < -0.4 is 15.5 Å². The van der Waals surface area contributed by atoms with Crippen LogP contribution in [0.4, 0.5) is 21.9 Å². The van der Waals surface area contributed by atoms with Gasteiger partial charge in [-0.15, -0.1) is 11.8 Å². The van der Waals surface area contributed by atoms with E-state index in [0.29, 0.717) is 22.6 Å². The topological polar surface area (TPSA) is 105 Å². The molecule has 0 saturated carbocycles. The van der Waals surface area contributed by atoms with E-state index in [-0.39, 0.29) is 30.9 Å². The van der Waals surface area contributed by atoms with E-state index in [0.717, 1.165) is 9.80 Å². The molecule has 8 nitrogen and oxygen atoms in total. The lowest BCUT2D eigenvalue weighted by Crippen LogP contribution is -2.31.